The molecule has 1 aromatic rings. The molecule has 0 saturated heterocycles. The molecule has 0 spiro atoms. The highest BCUT2D eigenvalue weighted by molar-refractivity contribution is 5.93. The van der Waals surface area contributed by atoms with Gasteiger partial charge in [0, 0.05) is 18.3 Å². The van der Waals surface area contributed by atoms with E-state index in [0.717, 1.165) is 25.7 Å². The van der Waals surface area contributed by atoms with Crippen LogP contribution in [0.3, 0.4) is 0 Å². The molecule has 0 radical (unpaired) electrons. The summed E-state index contributed by atoms with van der Waals surface area (Å²) in [6.45, 7) is 1.57. The van der Waals surface area contributed by atoms with Gasteiger partial charge >= 0.3 is 5.97 Å². The van der Waals surface area contributed by atoms with Crippen molar-refractivity contribution in [3.05, 3.63) is 18.0 Å². The Kier molecular flexibility index (Phi) is 5.76. The van der Waals surface area contributed by atoms with E-state index in [0.29, 0.717) is 5.69 Å². The maximum atomic E-state index is 13.4. The minimum absolute atomic E-state index is 0.0376. The van der Waals surface area contributed by atoms with E-state index < -0.39 is 12.0 Å². The second-order valence-corrected chi connectivity index (χ2v) is 7.47. The first kappa shape index (κ1) is 18.0. The van der Waals surface area contributed by atoms with Crippen LogP contribution in [-0.2, 0) is 4.79 Å². The van der Waals surface area contributed by atoms with Crippen LogP contribution < -0.4 is 0 Å². The van der Waals surface area contributed by atoms with Crippen LogP contribution in [0.2, 0.25) is 0 Å². The predicted octanol–water partition coefficient (Wildman–Crippen LogP) is 3.64. The topological polar surface area (TPSA) is 75.4 Å². The molecular formula is C19H29N3O3. The van der Waals surface area contributed by atoms with Crippen molar-refractivity contribution in [2.24, 2.45) is 0 Å². The van der Waals surface area contributed by atoms with Crippen molar-refractivity contribution in [2.45, 2.75) is 89.3 Å². The van der Waals surface area contributed by atoms with Gasteiger partial charge in [-0.3, -0.25) is 4.79 Å². The number of hydrogen-bond donors (Lipinski definition) is 1. The minimum atomic E-state index is -0.973. The lowest BCUT2D eigenvalue weighted by Gasteiger charge is -2.41. The van der Waals surface area contributed by atoms with Crippen molar-refractivity contribution >= 4 is 11.9 Å². The second kappa shape index (κ2) is 8.02. The molecule has 1 heterocycles. The van der Waals surface area contributed by atoms with Gasteiger partial charge in [0.15, 0.2) is 0 Å². The van der Waals surface area contributed by atoms with Gasteiger partial charge in [0.1, 0.15) is 11.7 Å². The molecule has 0 bridgehead atoms. The first-order chi connectivity index (χ1) is 12.1. The van der Waals surface area contributed by atoms with E-state index in [9.17, 15) is 14.7 Å². The third-order valence-corrected chi connectivity index (χ3v) is 5.78. The minimum Gasteiger partial charge on any atom is -0.480 e. The van der Waals surface area contributed by atoms with Crippen molar-refractivity contribution in [3.8, 4) is 0 Å². The van der Waals surface area contributed by atoms with E-state index in [1.807, 2.05) is 0 Å². The molecule has 1 atom stereocenters. The lowest BCUT2D eigenvalue weighted by atomic mass is 9.88. The van der Waals surface area contributed by atoms with Gasteiger partial charge in [0.2, 0.25) is 0 Å². The number of carboxylic acid groups (broad SMARTS) is 1. The summed E-state index contributed by atoms with van der Waals surface area (Å²) in [7, 11) is 0. The zero-order valence-corrected chi connectivity index (χ0v) is 15.1. The highest BCUT2D eigenvalue weighted by Crippen LogP contribution is 2.31. The Hall–Kier alpha value is -1.85. The van der Waals surface area contributed by atoms with Crippen molar-refractivity contribution in [1.82, 2.24) is 14.7 Å². The van der Waals surface area contributed by atoms with E-state index in [1.54, 1.807) is 13.0 Å². The van der Waals surface area contributed by atoms with E-state index in [4.69, 9.17) is 0 Å². The summed E-state index contributed by atoms with van der Waals surface area (Å²) in [5, 5.41) is 13.4. The predicted molar refractivity (Wildman–Crippen MR) is 94.5 cm³/mol. The molecule has 2 aliphatic carbocycles. The van der Waals surface area contributed by atoms with E-state index in [2.05, 4.69) is 10.00 Å². The molecule has 1 aromatic heterocycles. The maximum Gasteiger partial charge on any atom is 0.328 e. The van der Waals surface area contributed by atoms with Crippen molar-refractivity contribution in [2.75, 3.05) is 0 Å². The van der Waals surface area contributed by atoms with Gasteiger partial charge in [-0.2, -0.15) is 5.10 Å². The smallest absolute Gasteiger partial charge is 0.328 e. The number of aromatic nitrogens is 2. The molecule has 2 aliphatic rings. The molecule has 0 aliphatic heterocycles. The maximum absolute atomic E-state index is 13.4. The van der Waals surface area contributed by atoms with Crippen LogP contribution in [0.1, 0.15) is 87.7 Å². The monoisotopic (exact) mass is 347 g/mol. The summed E-state index contributed by atoms with van der Waals surface area (Å²) in [5.41, 5.74) is 0.408. The number of nitrogens with zero attached hydrogens (tertiary/aromatic N) is 3. The molecular weight excluding hydrogens is 318 g/mol. The van der Waals surface area contributed by atoms with Crippen molar-refractivity contribution in [1.29, 1.82) is 0 Å². The number of carbonyl (C=O) groups is 2. The van der Waals surface area contributed by atoms with Crippen LogP contribution in [0.5, 0.6) is 0 Å². The third-order valence-electron chi connectivity index (χ3n) is 5.78. The zero-order chi connectivity index (χ0) is 17.8. The van der Waals surface area contributed by atoms with Gasteiger partial charge in [0.05, 0.1) is 0 Å². The van der Waals surface area contributed by atoms with Crippen LogP contribution >= 0.6 is 0 Å². The number of amides is 1. The highest BCUT2D eigenvalue weighted by Gasteiger charge is 2.35. The van der Waals surface area contributed by atoms with Gasteiger partial charge in [-0.15, -0.1) is 0 Å². The van der Waals surface area contributed by atoms with Gasteiger partial charge < -0.3 is 10.0 Å². The summed E-state index contributed by atoms with van der Waals surface area (Å²) in [4.78, 5) is 26.9. The molecule has 3 rings (SSSR count). The molecule has 25 heavy (non-hydrogen) atoms. The summed E-state index contributed by atoms with van der Waals surface area (Å²) in [5.74, 6) is -1.01. The molecule has 1 N–H and O–H groups in total. The lowest BCUT2D eigenvalue weighted by molar-refractivity contribution is -0.140. The molecule has 1 unspecified atom stereocenters. The number of hydrogen-bond acceptors (Lipinski definition) is 3. The van der Waals surface area contributed by atoms with Crippen LogP contribution in [-0.4, -0.2) is 43.7 Å². The van der Waals surface area contributed by atoms with Crippen molar-refractivity contribution in [3.63, 3.8) is 0 Å². The quantitative estimate of drug-likeness (QED) is 0.882. The fourth-order valence-corrected chi connectivity index (χ4v) is 4.38. The molecule has 6 nitrogen and oxygen atoms in total. The Bertz CT molecular complexity index is 583. The Morgan fingerprint density at radius 1 is 1.08 bits per heavy atom. The SMILES string of the molecule is CC(C(=O)O)n1nccc1C(=O)N(C1CCCCC1)C1CCCCC1. The Balaban J connectivity index is 1.88. The lowest BCUT2D eigenvalue weighted by Crippen LogP contribution is -2.49. The number of carbonyl (C=O) groups excluding carboxylic acids is 1. The van der Waals surface area contributed by atoms with Crippen molar-refractivity contribution < 1.29 is 14.7 Å². The van der Waals surface area contributed by atoms with Gasteiger partial charge in [-0.1, -0.05) is 38.5 Å². The summed E-state index contributed by atoms with van der Waals surface area (Å²) < 4.78 is 1.36. The fraction of sp³-hybridized carbons (Fsp3) is 0.737. The van der Waals surface area contributed by atoms with Crippen LogP contribution in [0.4, 0.5) is 0 Å². The Labute approximate surface area is 149 Å². The largest absolute Gasteiger partial charge is 0.480 e. The average molecular weight is 347 g/mol. The number of aliphatic carboxylic acids is 1. The summed E-state index contributed by atoms with van der Waals surface area (Å²) >= 11 is 0. The number of rotatable bonds is 5. The van der Waals surface area contributed by atoms with E-state index >= 15 is 0 Å². The number of carboxylic acids is 1. The molecule has 1 amide bonds. The van der Waals surface area contributed by atoms with Crippen LogP contribution in [0.25, 0.3) is 0 Å². The summed E-state index contributed by atoms with van der Waals surface area (Å²) in [6, 6.07) is 1.40. The normalized spacial score (nSPS) is 21.0. The second-order valence-electron chi connectivity index (χ2n) is 7.47. The van der Waals surface area contributed by atoms with E-state index in [1.165, 1.54) is 49.4 Å². The van der Waals surface area contributed by atoms with Crippen LogP contribution in [0.15, 0.2) is 12.3 Å². The molecule has 138 valence electrons. The van der Waals surface area contributed by atoms with Gasteiger partial charge in [-0.05, 0) is 38.7 Å². The van der Waals surface area contributed by atoms with E-state index in [-0.39, 0.29) is 18.0 Å². The average Bonchev–Trinajstić information content (AvgIpc) is 3.12. The van der Waals surface area contributed by atoms with Gasteiger partial charge in [-0.25, -0.2) is 9.48 Å². The molecule has 2 saturated carbocycles. The molecule has 0 aromatic carbocycles. The Morgan fingerprint density at radius 2 is 1.60 bits per heavy atom. The molecule has 2 fully saturated rings. The first-order valence-corrected chi connectivity index (χ1v) is 9.68. The first-order valence-electron chi connectivity index (χ1n) is 9.68. The summed E-state index contributed by atoms with van der Waals surface area (Å²) in [6.07, 6.45) is 13.0. The highest BCUT2D eigenvalue weighted by atomic mass is 16.4. The van der Waals surface area contributed by atoms with Crippen LogP contribution in [0, 0.1) is 0 Å². The third kappa shape index (κ3) is 3.88. The zero-order valence-electron chi connectivity index (χ0n) is 15.1. The van der Waals surface area contributed by atoms with Gasteiger partial charge in [0.25, 0.3) is 5.91 Å². The standard InChI is InChI=1S/C19H29N3O3/c1-14(19(24)25)22-17(12-13-20-22)18(23)21(15-8-4-2-5-9-15)16-10-6-3-7-11-16/h12-16H,2-11H2,1H3,(H,24,25). The fourth-order valence-electron chi connectivity index (χ4n) is 4.38. The molecule has 6 heteroatoms. The Morgan fingerprint density at radius 3 is 2.08 bits per heavy atom.